The van der Waals surface area contributed by atoms with E-state index in [1.54, 1.807) is 0 Å². The smallest absolute Gasteiger partial charge is 0.407 e. The number of nitrogens with one attached hydrogen (secondary N) is 3. The van der Waals surface area contributed by atoms with Crippen molar-refractivity contribution in [2.45, 2.75) is 226 Å². The van der Waals surface area contributed by atoms with Crippen LogP contribution < -0.4 is 16.0 Å². The van der Waals surface area contributed by atoms with Gasteiger partial charge < -0.3 is 35.4 Å². The van der Waals surface area contributed by atoms with Gasteiger partial charge in [0.15, 0.2) is 0 Å². The minimum atomic E-state index is -0.813. The molecule has 0 bridgehead atoms. The van der Waals surface area contributed by atoms with E-state index < -0.39 is 17.7 Å². The highest BCUT2D eigenvalue weighted by Gasteiger charge is 2.22. The lowest BCUT2D eigenvalue weighted by Crippen LogP contribution is -2.41. The van der Waals surface area contributed by atoms with Crippen LogP contribution in [-0.2, 0) is 28.7 Å². The maximum absolute atomic E-state index is 12.7. The standard InChI is InChI=1S/C47H90N4O8/c1-5-7-9-11-13-15-16-18-20-26-34-47(3,4)59-46(57)50-37-40-51(38-32-42(52)48-35-27-22-24-30-44(54)55)39-33-43(53)49-36-28-23-25-31-45(56)58-41-29-21-19-17-14-12-10-8-6-2/h5-41H2,1-4H3,(H,48,52)(H,49,53)(H,50,57)(H,54,55). The molecule has 0 fully saturated rings. The third-order valence-electron chi connectivity index (χ3n) is 10.8. The molecule has 0 saturated carbocycles. The van der Waals surface area contributed by atoms with E-state index in [0.29, 0.717) is 65.1 Å². The highest BCUT2D eigenvalue weighted by Crippen LogP contribution is 2.20. The van der Waals surface area contributed by atoms with Gasteiger partial charge in [-0.2, -0.15) is 0 Å². The zero-order chi connectivity index (χ0) is 43.7. The predicted molar refractivity (Wildman–Crippen MR) is 239 cm³/mol. The van der Waals surface area contributed by atoms with Gasteiger partial charge >= 0.3 is 18.0 Å². The molecule has 0 aliphatic carbocycles. The third-order valence-corrected chi connectivity index (χ3v) is 10.8. The number of ether oxygens (including phenoxy) is 2. The largest absolute Gasteiger partial charge is 0.481 e. The second-order valence-corrected chi connectivity index (χ2v) is 17.1. The molecule has 12 nitrogen and oxygen atoms in total. The summed E-state index contributed by atoms with van der Waals surface area (Å²) in [5.74, 6) is -1.14. The van der Waals surface area contributed by atoms with Crippen molar-refractivity contribution in [2.24, 2.45) is 0 Å². The lowest BCUT2D eigenvalue weighted by molar-refractivity contribution is -0.144. The Morgan fingerprint density at radius 3 is 1.42 bits per heavy atom. The Balaban J connectivity index is 4.46. The van der Waals surface area contributed by atoms with Crippen LogP contribution in [0.2, 0.25) is 0 Å². The maximum Gasteiger partial charge on any atom is 0.407 e. The number of carbonyl (C=O) groups excluding carboxylic acids is 4. The number of hydrogen-bond donors (Lipinski definition) is 4. The second kappa shape index (κ2) is 40.5. The molecule has 0 aromatic heterocycles. The van der Waals surface area contributed by atoms with Gasteiger partial charge in [-0.15, -0.1) is 0 Å². The molecule has 3 amide bonds. The predicted octanol–water partition coefficient (Wildman–Crippen LogP) is 10.4. The molecule has 4 N–H and O–H groups in total. The molecule has 0 aromatic carbocycles. The van der Waals surface area contributed by atoms with Crippen molar-refractivity contribution in [3.05, 3.63) is 0 Å². The fourth-order valence-electron chi connectivity index (χ4n) is 7.00. The molecular formula is C47H90N4O8. The molecule has 0 aliphatic heterocycles. The average molecular weight is 839 g/mol. The minimum absolute atomic E-state index is 0.0812. The molecule has 0 spiro atoms. The number of rotatable bonds is 43. The van der Waals surface area contributed by atoms with Crippen molar-refractivity contribution in [1.82, 2.24) is 20.9 Å². The van der Waals surface area contributed by atoms with Crippen LogP contribution >= 0.6 is 0 Å². The number of amides is 3. The SMILES string of the molecule is CCCCCCCCCCCCC(C)(C)OC(=O)NCCN(CCC(=O)NCCCCCC(=O)O)CCC(=O)NCCCCCC(=O)OCCCCCCCCCCC. The summed E-state index contributed by atoms with van der Waals surface area (Å²) in [6, 6.07) is 0. The first-order valence-corrected chi connectivity index (χ1v) is 24.1. The first-order chi connectivity index (χ1) is 28.5. The number of nitrogens with zero attached hydrogens (tertiary/aromatic N) is 1. The van der Waals surface area contributed by atoms with E-state index in [9.17, 15) is 24.0 Å². The summed E-state index contributed by atoms with van der Waals surface area (Å²) in [5, 5.41) is 17.5. The van der Waals surface area contributed by atoms with E-state index in [4.69, 9.17) is 14.6 Å². The number of carbonyl (C=O) groups is 5. The van der Waals surface area contributed by atoms with Gasteiger partial charge in [-0.05, 0) is 58.8 Å². The Morgan fingerprint density at radius 2 is 0.932 bits per heavy atom. The van der Waals surface area contributed by atoms with Gasteiger partial charge in [-0.1, -0.05) is 136 Å². The van der Waals surface area contributed by atoms with E-state index in [1.165, 1.54) is 96.3 Å². The Morgan fingerprint density at radius 1 is 0.492 bits per heavy atom. The average Bonchev–Trinajstić information content (AvgIpc) is 3.19. The minimum Gasteiger partial charge on any atom is -0.481 e. The van der Waals surface area contributed by atoms with Crippen LogP contribution in [0.4, 0.5) is 4.79 Å². The van der Waals surface area contributed by atoms with Crippen LogP contribution in [0, 0.1) is 0 Å². The van der Waals surface area contributed by atoms with E-state index in [0.717, 1.165) is 57.8 Å². The van der Waals surface area contributed by atoms with E-state index in [1.807, 2.05) is 18.7 Å². The van der Waals surface area contributed by atoms with Gasteiger partial charge in [0.1, 0.15) is 5.60 Å². The normalized spacial score (nSPS) is 11.4. The number of alkyl carbamates (subject to hydrolysis) is 1. The van der Waals surface area contributed by atoms with E-state index in [-0.39, 0.29) is 37.0 Å². The first-order valence-electron chi connectivity index (χ1n) is 24.1. The van der Waals surface area contributed by atoms with Crippen molar-refractivity contribution < 1.29 is 38.6 Å². The van der Waals surface area contributed by atoms with Gasteiger partial charge in [0, 0.05) is 65.0 Å². The molecule has 12 heteroatoms. The molecule has 0 unspecified atom stereocenters. The number of carboxylic acid groups (broad SMARTS) is 1. The molecular weight excluding hydrogens is 749 g/mol. The Bertz CT molecular complexity index is 1060. The number of hydrogen-bond acceptors (Lipinski definition) is 8. The van der Waals surface area contributed by atoms with Gasteiger partial charge in [-0.3, -0.25) is 19.2 Å². The fourth-order valence-corrected chi connectivity index (χ4v) is 7.00. The van der Waals surface area contributed by atoms with E-state index >= 15 is 0 Å². The molecule has 0 saturated heterocycles. The topological polar surface area (TPSA) is 163 Å². The Hall–Kier alpha value is -2.89. The third kappa shape index (κ3) is 41.6. The molecule has 0 radical (unpaired) electrons. The summed E-state index contributed by atoms with van der Waals surface area (Å²) in [6.07, 6.45) is 29.4. The number of unbranched alkanes of at least 4 members (excludes halogenated alkanes) is 21. The van der Waals surface area contributed by atoms with Crippen LogP contribution in [-0.4, -0.2) is 91.3 Å². The van der Waals surface area contributed by atoms with Crippen LogP contribution in [0.25, 0.3) is 0 Å². The summed E-state index contributed by atoms with van der Waals surface area (Å²) < 4.78 is 11.1. The summed E-state index contributed by atoms with van der Waals surface area (Å²) >= 11 is 0. The van der Waals surface area contributed by atoms with Gasteiger partial charge in [0.05, 0.1) is 6.61 Å². The van der Waals surface area contributed by atoms with Crippen molar-refractivity contribution in [3.63, 3.8) is 0 Å². The molecule has 59 heavy (non-hydrogen) atoms. The summed E-state index contributed by atoms with van der Waals surface area (Å²) in [5.41, 5.74) is -0.566. The lowest BCUT2D eigenvalue weighted by atomic mass is 9.99. The number of aliphatic carboxylic acids is 1. The van der Waals surface area contributed by atoms with Gasteiger partial charge in [0.25, 0.3) is 0 Å². The van der Waals surface area contributed by atoms with Gasteiger partial charge in [0.2, 0.25) is 11.8 Å². The number of carboxylic acids is 1. The maximum atomic E-state index is 12.7. The van der Waals surface area contributed by atoms with Crippen LogP contribution in [0.1, 0.15) is 220 Å². The molecule has 0 aliphatic rings. The lowest BCUT2D eigenvalue weighted by Gasteiger charge is -2.26. The van der Waals surface area contributed by atoms with Crippen molar-refractivity contribution in [2.75, 3.05) is 45.9 Å². The first kappa shape index (κ1) is 56.1. The highest BCUT2D eigenvalue weighted by atomic mass is 16.6. The van der Waals surface area contributed by atoms with Crippen LogP contribution in [0.15, 0.2) is 0 Å². The monoisotopic (exact) mass is 839 g/mol. The Kier molecular flexibility index (Phi) is 38.5. The Labute approximate surface area is 360 Å². The summed E-state index contributed by atoms with van der Waals surface area (Å²) in [7, 11) is 0. The summed E-state index contributed by atoms with van der Waals surface area (Å²) in [4.78, 5) is 62.7. The van der Waals surface area contributed by atoms with E-state index in [2.05, 4.69) is 29.8 Å². The fraction of sp³-hybridized carbons (Fsp3) is 0.894. The second-order valence-electron chi connectivity index (χ2n) is 17.1. The zero-order valence-corrected chi connectivity index (χ0v) is 38.4. The van der Waals surface area contributed by atoms with Crippen molar-refractivity contribution in [3.8, 4) is 0 Å². The zero-order valence-electron chi connectivity index (χ0n) is 38.4. The summed E-state index contributed by atoms with van der Waals surface area (Å²) in [6.45, 7) is 11.5. The molecule has 346 valence electrons. The van der Waals surface area contributed by atoms with Crippen LogP contribution in [0.3, 0.4) is 0 Å². The van der Waals surface area contributed by atoms with Crippen LogP contribution in [0.5, 0.6) is 0 Å². The number of esters is 1. The van der Waals surface area contributed by atoms with Crippen molar-refractivity contribution >= 4 is 29.8 Å². The van der Waals surface area contributed by atoms with Gasteiger partial charge in [-0.25, -0.2) is 4.79 Å². The molecule has 0 atom stereocenters. The molecule has 0 rings (SSSR count). The highest BCUT2D eigenvalue weighted by molar-refractivity contribution is 5.76. The molecule has 0 aromatic rings. The molecule has 0 heterocycles. The quantitative estimate of drug-likeness (QED) is 0.0346. The van der Waals surface area contributed by atoms with Crippen molar-refractivity contribution in [1.29, 1.82) is 0 Å².